The van der Waals surface area contributed by atoms with Crippen molar-refractivity contribution in [2.24, 2.45) is 0 Å². The van der Waals surface area contributed by atoms with E-state index in [1.807, 2.05) is 0 Å². The van der Waals surface area contributed by atoms with Crippen molar-refractivity contribution in [3.8, 4) is 0 Å². The number of halogens is 2. The number of hydrogen-bond acceptors (Lipinski definition) is 3. The molecule has 0 aliphatic carbocycles. The van der Waals surface area contributed by atoms with Gasteiger partial charge in [0, 0.05) is 24.0 Å². The van der Waals surface area contributed by atoms with E-state index in [4.69, 9.17) is 35.5 Å². The van der Waals surface area contributed by atoms with Gasteiger partial charge >= 0.3 is 33.3 Å². The van der Waals surface area contributed by atoms with Crippen LogP contribution < -0.4 is 0 Å². The molecule has 3 aromatic heterocycles. The van der Waals surface area contributed by atoms with Crippen molar-refractivity contribution in [2.45, 2.75) is 131 Å². The number of nitrogens with zero attached hydrogens (tertiary/aromatic N) is 6. The molecule has 0 aromatic carbocycles. The Morgan fingerprint density at radius 3 is 0.895 bits per heavy atom. The van der Waals surface area contributed by atoms with Crippen molar-refractivity contribution in [3.05, 3.63) is 52.4 Å². The zero-order chi connectivity index (χ0) is 29.1. The van der Waals surface area contributed by atoms with E-state index < -0.39 is 5.79 Å². The van der Waals surface area contributed by atoms with Crippen molar-refractivity contribution in [3.63, 3.8) is 0 Å². The third-order valence-electron chi connectivity index (χ3n) is 7.02. The van der Waals surface area contributed by atoms with Crippen LogP contribution in [-0.2, 0) is 18.9 Å². The monoisotopic (exact) mass is 605 g/mol. The van der Waals surface area contributed by atoms with E-state index in [0.29, 0.717) is 35.5 Å². The first-order valence-electron chi connectivity index (χ1n) is 13.8. The SMILES string of the molecule is CC(C)c1cc(C(C)C)n(C(C)(n2nc(C(C)C)cc2C(C)C)n2nc(C(C)C)cc2C(C)C)n1.[Cl][Mn][Cl]. The first kappa shape index (κ1) is 32.9. The molecule has 0 atom stereocenters. The molecule has 3 rings (SSSR count). The van der Waals surface area contributed by atoms with E-state index in [0.717, 1.165) is 17.1 Å². The Labute approximate surface area is 245 Å². The van der Waals surface area contributed by atoms with Crippen LogP contribution in [0.2, 0.25) is 0 Å². The van der Waals surface area contributed by atoms with Crippen LogP contribution in [0.4, 0.5) is 0 Å². The molecule has 0 fully saturated rings. The van der Waals surface area contributed by atoms with Crippen LogP contribution in [0.15, 0.2) is 18.2 Å². The Morgan fingerprint density at radius 1 is 0.526 bits per heavy atom. The molecule has 3 aromatic rings. The van der Waals surface area contributed by atoms with Crippen molar-refractivity contribution in [2.75, 3.05) is 0 Å². The average molecular weight is 607 g/mol. The fourth-order valence-electron chi connectivity index (χ4n) is 4.61. The van der Waals surface area contributed by atoms with Gasteiger partial charge in [0.1, 0.15) is 0 Å². The molecule has 0 aliphatic rings. The molecule has 0 amide bonds. The second-order valence-electron chi connectivity index (χ2n) is 12.2. The van der Waals surface area contributed by atoms with Gasteiger partial charge in [-0.05, 0) is 53.7 Å². The van der Waals surface area contributed by atoms with Crippen LogP contribution in [0, 0.1) is 0 Å². The molecule has 38 heavy (non-hydrogen) atoms. The number of rotatable bonds is 9. The molecular weight excluding hydrogens is 558 g/mol. The van der Waals surface area contributed by atoms with Crippen LogP contribution in [-0.4, -0.2) is 29.3 Å². The summed E-state index contributed by atoms with van der Waals surface area (Å²) in [6.45, 7) is 29.0. The maximum atomic E-state index is 5.26. The van der Waals surface area contributed by atoms with Crippen molar-refractivity contribution < 1.29 is 13.1 Å². The second kappa shape index (κ2) is 13.4. The molecular formula is C29H48Cl2MnN6. The zero-order valence-corrected chi connectivity index (χ0v) is 28.2. The van der Waals surface area contributed by atoms with Gasteiger partial charge < -0.3 is 0 Å². The predicted octanol–water partition coefficient (Wildman–Crippen LogP) is 9.12. The van der Waals surface area contributed by atoms with Gasteiger partial charge in [0.05, 0.1) is 17.1 Å². The summed E-state index contributed by atoms with van der Waals surface area (Å²) in [5.74, 6) is 1.14. The zero-order valence-electron chi connectivity index (χ0n) is 25.5. The Hall–Kier alpha value is -1.27. The summed E-state index contributed by atoms with van der Waals surface area (Å²) in [7, 11) is 9.59. The maximum absolute atomic E-state index is 5.26. The summed E-state index contributed by atoms with van der Waals surface area (Å²) >= 11 is 0.00694. The molecule has 0 spiro atoms. The van der Waals surface area contributed by atoms with Crippen LogP contribution in [0.1, 0.15) is 160 Å². The summed E-state index contributed by atoms with van der Waals surface area (Å²) in [4.78, 5) is 0. The van der Waals surface area contributed by atoms with E-state index >= 15 is 0 Å². The Morgan fingerprint density at radius 2 is 0.737 bits per heavy atom. The van der Waals surface area contributed by atoms with Gasteiger partial charge in [0.25, 0.3) is 0 Å². The van der Waals surface area contributed by atoms with Gasteiger partial charge in [0.2, 0.25) is 5.79 Å². The van der Waals surface area contributed by atoms with Gasteiger partial charge in [-0.2, -0.15) is 15.3 Å². The van der Waals surface area contributed by atoms with Gasteiger partial charge in [-0.3, -0.25) is 0 Å². The first-order chi connectivity index (χ1) is 17.6. The van der Waals surface area contributed by atoms with E-state index in [-0.39, 0.29) is 13.1 Å². The predicted molar refractivity (Wildman–Crippen MR) is 157 cm³/mol. The first-order valence-corrected chi connectivity index (χ1v) is 17.0. The topological polar surface area (TPSA) is 53.5 Å². The average Bonchev–Trinajstić information content (AvgIpc) is 3.56. The normalized spacial score (nSPS) is 12.6. The number of aromatic nitrogens is 6. The Balaban J connectivity index is 0.00000161. The number of hydrogen-bond donors (Lipinski definition) is 0. The molecule has 0 aliphatic heterocycles. The van der Waals surface area contributed by atoms with Crippen molar-refractivity contribution in [1.82, 2.24) is 29.3 Å². The fraction of sp³-hybridized carbons (Fsp3) is 0.690. The second-order valence-corrected chi connectivity index (χ2v) is 14.1. The minimum absolute atomic E-state index is 0.00694. The third-order valence-corrected chi connectivity index (χ3v) is 7.02. The minimum atomic E-state index is -0.772. The quantitative estimate of drug-likeness (QED) is 0.228. The van der Waals surface area contributed by atoms with Crippen LogP contribution in [0.3, 0.4) is 0 Å². The summed E-state index contributed by atoms with van der Waals surface area (Å²) < 4.78 is 6.62. The van der Waals surface area contributed by atoms with Crippen LogP contribution in [0.5, 0.6) is 0 Å². The molecule has 215 valence electrons. The van der Waals surface area contributed by atoms with E-state index in [1.54, 1.807) is 0 Å². The molecule has 6 nitrogen and oxygen atoms in total. The third kappa shape index (κ3) is 6.71. The van der Waals surface area contributed by atoms with Crippen LogP contribution >= 0.6 is 20.2 Å². The van der Waals surface area contributed by atoms with Crippen LogP contribution in [0.25, 0.3) is 0 Å². The summed E-state index contributed by atoms with van der Waals surface area (Å²) in [5, 5.41) is 15.8. The summed E-state index contributed by atoms with van der Waals surface area (Å²) in [5.41, 5.74) is 6.90. The van der Waals surface area contributed by atoms with Crippen molar-refractivity contribution >= 4 is 20.2 Å². The molecule has 3 heterocycles. The molecule has 0 saturated carbocycles. The van der Waals surface area contributed by atoms with Gasteiger partial charge in [-0.1, -0.05) is 83.1 Å². The van der Waals surface area contributed by atoms with E-state index in [2.05, 4.69) is 122 Å². The standard InChI is InChI=1S/C29H48N6.2ClH.Mn/c1-17(2)23-14-26(20(7)8)33(30-23)29(13,34-27(21(9)10)15-24(31-34)18(3)4)35-28(22(11)12)16-25(32-35)19(5)6;;;/h14-22H,1-13H3;2*1H;/q;;;+2/p-2. The fourth-order valence-corrected chi connectivity index (χ4v) is 4.61. The summed E-state index contributed by atoms with van der Waals surface area (Å²) in [6, 6.07) is 6.83. The van der Waals surface area contributed by atoms with E-state index in [9.17, 15) is 0 Å². The molecule has 0 N–H and O–H groups in total. The van der Waals surface area contributed by atoms with Gasteiger partial charge in [-0.25, -0.2) is 14.0 Å². The van der Waals surface area contributed by atoms with E-state index in [1.165, 1.54) is 17.1 Å². The van der Waals surface area contributed by atoms with Crippen molar-refractivity contribution in [1.29, 1.82) is 0 Å². The van der Waals surface area contributed by atoms with Gasteiger partial charge in [-0.15, -0.1) is 0 Å². The Kier molecular flexibility index (Phi) is 11.6. The Bertz CT molecular complexity index is 1030. The summed E-state index contributed by atoms with van der Waals surface area (Å²) in [6.07, 6.45) is 0. The van der Waals surface area contributed by atoms with Gasteiger partial charge in [0.15, 0.2) is 0 Å². The molecule has 9 heteroatoms. The molecule has 0 radical (unpaired) electrons. The molecule has 0 saturated heterocycles. The molecule has 0 unspecified atom stereocenters. The molecule has 0 bridgehead atoms.